The molecule has 0 bridgehead atoms. The number of para-hydroxylation sites is 1. The van der Waals surface area contributed by atoms with Crippen molar-refractivity contribution in [3.05, 3.63) is 118 Å². The Morgan fingerprint density at radius 2 is 1.66 bits per heavy atom. The number of carbonyl (C=O) groups is 1. The van der Waals surface area contributed by atoms with Crippen molar-refractivity contribution in [2.24, 2.45) is 5.10 Å². The smallest absolute Gasteiger partial charge is 0.278 e. The number of carbonyl (C=O) groups excluding carboxylic acids is 1. The SMILES string of the molecule is O=C(N/N=C/c1ccccc1[N+](=O)[O-])c1ccc(COc2ccc3ccccc3c2)cc1. The largest absolute Gasteiger partial charge is 0.489 e. The highest BCUT2D eigenvalue weighted by Gasteiger charge is 2.10. The Hall–Kier alpha value is -4.52. The van der Waals surface area contributed by atoms with Gasteiger partial charge in [0.15, 0.2) is 0 Å². The van der Waals surface area contributed by atoms with Gasteiger partial charge in [0, 0.05) is 11.6 Å². The lowest BCUT2D eigenvalue weighted by molar-refractivity contribution is -0.385. The standard InChI is InChI=1S/C25H19N3O4/c29-25(27-26-16-22-7-3-4-8-24(22)28(30)31)20-11-9-18(10-12-20)17-32-23-14-13-19-5-1-2-6-21(19)15-23/h1-16H,17H2,(H,27,29)/b26-16+. The average Bonchev–Trinajstić information content (AvgIpc) is 2.83. The molecular formula is C25H19N3O4. The van der Waals surface area contributed by atoms with Crippen LogP contribution in [-0.2, 0) is 6.61 Å². The Kier molecular flexibility index (Phi) is 6.17. The molecule has 1 N–H and O–H groups in total. The molecule has 0 aliphatic rings. The first kappa shape index (κ1) is 20.7. The summed E-state index contributed by atoms with van der Waals surface area (Å²) >= 11 is 0. The van der Waals surface area contributed by atoms with Crippen molar-refractivity contribution in [3.63, 3.8) is 0 Å². The highest BCUT2D eigenvalue weighted by molar-refractivity contribution is 5.95. The maximum absolute atomic E-state index is 12.3. The first-order valence-electron chi connectivity index (χ1n) is 9.87. The molecule has 0 saturated carbocycles. The van der Waals surface area contributed by atoms with Crippen molar-refractivity contribution in [1.29, 1.82) is 0 Å². The first-order chi connectivity index (χ1) is 15.6. The third-order valence-electron chi connectivity index (χ3n) is 4.85. The third kappa shape index (κ3) is 4.96. The van der Waals surface area contributed by atoms with Gasteiger partial charge in [0.1, 0.15) is 12.4 Å². The molecule has 4 aromatic carbocycles. The molecule has 4 aromatic rings. The van der Waals surface area contributed by atoms with E-state index in [4.69, 9.17) is 4.74 Å². The summed E-state index contributed by atoms with van der Waals surface area (Å²) in [6, 6.07) is 27.1. The van der Waals surface area contributed by atoms with Crippen LogP contribution in [0.15, 0.2) is 96.1 Å². The number of hydrogen-bond acceptors (Lipinski definition) is 5. The van der Waals surface area contributed by atoms with Crippen molar-refractivity contribution < 1.29 is 14.5 Å². The number of hydrogen-bond donors (Lipinski definition) is 1. The van der Waals surface area contributed by atoms with Crippen molar-refractivity contribution >= 4 is 28.6 Å². The minimum absolute atomic E-state index is 0.0822. The predicted octanol–water partition coefficient (Wildman–Crippen LogP) is 5.09. The molecule has 0 radical (unpaired) electrons. The quantitative estimate of drug-likeness (QED) is 0.253. The highest BCUT2D eigenvalue weighted by atomic mass is 16.6. The number of hydrazone groups is 1. The zero-order chi connectivity index (χ0) is 22.3. The van der Waals surface area contributed by atoms with Crippen LogP contribution >= 0.6 is 0 Å². The number of benzene rings is 4. The fourth-order valence-electron chi connectivity index (χ4n) is 3.16. The second-order valence-corrected chi connectivity index (χ2v) is 7.01. The number of amides is 1. The molecule has 0 saturated heterocycles. The van der Waals surface area contributed by atoms with Crippen LogP contribution in [0, 0.1) is 10.1 Å². The molecule has 0 aliphatic carbocycles. The van der Waals surface area contributed by atoms with Gasteiger partial charge >= 0.3 is 0 Å². The normalized spacial score (nSPS) is 10.9. The van der Waals surface area contributed by atoms with E-state index in [9.17, 15) is 14.9 Å². The van der Waals surface area contributed by atoms with E-state index in [0.717, 1.165) is 22.1 Å². The number of fused-ring (bicyclic) bond motifs is 1. The lowest BCUT2D eigenvalue weighted by atomic mass is 10.1. The van der Waals surface area contributed by atoms with Crippen molar-refractivity contribution in [3.8, 4) is 5.75 Å². The first-order valence-corrected chi connectivity index (χ1v) is 9.87. The summed E-state index contributed by atoms with van der Waals surface area (Å²) in [6.45, 7) is 0.371. The summed E-state index contributed by atoms with van der Waals surface area (Å²) in [5, 5.41) is 17.1. The van der Waals surface area contributed by atoms with Gasteiger partial charge in [-0.2, -0.15) is 5.10 Å². The van der Waals surface area contributed by atoms with Crippen LogP contribution in [-0.4, -0.2) is 17.0 Å². The summed E-state index contributed by atoms with van der Waals surface area (Å²) in [7, 11) is 0. The van der Waals surface area contributed by atoms with Crippen LogP contribution in [0.2, 0.25) is 0 Å². The summed E-state index contributed by atoms with van der Waals surface area (Å²) in [6.07, 6.45) is 1.25. The fourth-order valence-corrected chi connectivity index (χ4v) is 3.16. The van der Waals surface area contributed by atoms with Crippen LogP contribution in [0.25, 0.3) is 10.8 Å². The maximum atomic E-state index is 12.3. The predicted molar refractivity (Wildman–Crippen MR) is 123 cm³/mol. The number of nitrogens with one attached hydrogen (secondary N) is 1. The molecule has 0 aromatic heterocycles. The molecule has 0 aliphatic heterocycles. The van der Waals surface area contributed by atoms with E-state index in [0.29, 0.717) is 17.7 Å². The summed E-state index contributed by atoms with van der Waals surface area (Å²) in [5.41, 5.74) is 3.94. The van der Waals surface area contributed by atoms with E-state index in [1.165, 1.54) is 12.3 Å². The number of ether oxygens (including phenoxy) is 1. The minimum Gasteiger partial charge on any atom is -0.489 e. The van der Waals surface area contributed by atoms with E-state index in [-0.39, 0.29) is 5.69 Å². The van der Waals surface area contributed by atoms with Gasteiger partial charge in [-0.1, -0.05) is 54.6 Å². The summed E-state index contributed by atoms with van der Waals surface area (Å²) in [5.74, 6) is 0.358. The number of nitrogens with zero attached hydrogens (tertiary/aromatic N) is 2. The van der Waals surface area contributed by atoms with Gasteiger partial charge in [0.25, 0.3) is 11.6 Å². The van der Waals surface area contributed by atoms with Crippen molar-refractivity contribution in [2.75, 3.05) is 0 Å². The van der Waals surface area contributed by atoms with E-state index in [1.54, 1.807) is 30.3 Å². The third-order valence-corrected chi connectivity index (χ3v) is 4.85. The van der Waals surface area contributed by atoms with Crippen molar-refractivity contribution in [2.45, 2.75) is 6.61 Å². The molecule has 158 valence electrons. The van der Waals surface area contributed by atoms with Gasteiger partial charge in [-0.25, -0.2) is 5.43 Å². The van der Waals surface area contributed by atoms with Gasteiger partial charge < -0.3 is 4.74 Å². The van der Waals surface area contributed by atoms with Gasteiger partial charge in [0.2, 0.25) is 0 Å². The molecule has 1 amide bonds. The van der Waals surface area contributed by atoms with Gasteiger partial charge in [-0.05, 0) is 46.7 Å². The number of nitro groups is 1. The van der Waals surface area contributed by atoms with Gasteiger partial charge in [0.05, 0.1) is 16.7 Å². The van der Waals surface area contributed by atoms with Crippen molar-refractivity contribution in [1.82, 2.24) is 5.43 Å². The molecule has 0 unspecified atom stereocenters. The topological polar surface area (TPSA) is 93.8 Å². The Balaban J connectivity index is 1.34. The van der Waals surface area contributed by atoms with E-state index < -0.39 is 10.8 Å². The Labute approximate surface area is 184 Å². The zero-order valence-corrected chi connectivity index (χ0v) is 17.0. The lowest BCUT2D eigenvalue weighted by Crippen LogP contribution is -2.17. The molecule has 7 heteroatoms. The van der Waals surface area contributed by atoms with Crippen LogP contribution in [0.4, 0.5) is 5.69 Å². The second-order valence-electron chi connectivity index (χ2n) is 7.01. The molecule has 4 rings (SSSR count). The molecule has 0 heterocycles. The zero-order valence-electron chi connectivity index (χ0n) is 17.0. The van der Waals surface area contributed by atoms with E-state index >= 15 is 0 Å². The molecular weight excluding hydrogens is 406 g/mol. The van der Waals surface area contributed by atoms with Crippen LogP contribution in [0.3, 0.4) is 0 Å². The molecule has 0 atom stereocenters. The Bertz CT molecular complexity index is 1300. The van der Waals surface area contributed by atoms with Crippen LogP contribution in [0.1, 0.15) is 21.5 Å². The lowest BCUT2D eigenvalue weighted by Gasteiger charge is -2.08. The van der Waals surface area contributed by atoms with Gasteiger partial charge in [-0.3, -0.25) is 14.9 Å². The Morgan fingerprint density at radius 1 is 0.938 bits per heavy atom. The second kappa shape index (κ2) is 9.53. The summed E-state index contributed by atoms with van der Waals surface area (Å²) in [4.78, 5) is 22.8. The molecule has 7 nitrogen and oxygen atoms in total. The minimum atomic E-state index is -0.498. The summed E-state index contributed by atoms with van der Waals surface area (Å²) < 4.78 is 5.87. The molecule has 0 fully saturated rings. The highest BCUT2D eigenvalue weighted by Crippen LogP contribution is 2.21. The maximum Gasteiger partial charge on any atom is 0.278 e. The fraction of sp³-hybridized carbons (Fsp3) is 0.0400. The Morgan fingerprint density at radius 3 is 2.44 bits per heavy atom. The monoisotopic (exact) mass is 425 g/mol. The number of rotatable bonds is 7. The average molecular weight is 425 g/mol. The molecule has 0 spiro atoms. The van der Waals surface area contributed by atoms with Crippen LogP contribution < -0.4 is 10.2 Å². The van der Waals surface area contributed by atoms with Crippen LogP contribution in [0.5, 0.6) is 5.75 Å². The van der Waals surface area contributed by atoms with Gasteiger partial charge in [-0.15, -0.1) is 0 Å². The van der Waals surface area contributed by atoms with E-state index in [1.807, 2.05) is 54.6 Å². The molecule has 32 heavy (non-hydrogen) atoms. The van der Waals surface area contributed by atoms with E-state index in [2.05, 4.69) is 10.5 Å². The number of nitro benzene ring substituents is 1.